The van der Waals surface area contributed by atoms with Crippen LogP contribution in [0.25, 0.3) is 0 Å². The number of fused-ring (bicyclic) bond motifs is 1. The first-order chi connectivity index (χ1) is 13.3. The van der Waals surface area contributed by atoms with Crippen LogP contribution in [0.5, 0.6) is 17.2 Å². The standard InChI is InChI=1S/C17H11ClF4N2O4/c18-12-6-14-13(26-8-27-14)5-10(12)7-23-24-15(25)9-1-3-11(4-2-9)28-17(21,22)16(19)20/h1-7,16H,8H2,(H,24,25)/b23-7-. The number of carbonyl (C=O) groups is 1. The highest BCUT2D eigenvalue weighted by molar-refractivity contribution is 6.33. The molecule has 2 aromatic rings. The van der Waals surface area contributed by atoms with E-state index in [1.54, 1.807) is 12.1 Å². The quantitative estimate of drug-likeness (QED) is 0.436. The van der Waals surface area contributed by atoms with Gasteiger partial charge in [-0.25, -0.2) is 5.43 Å². The third kappa shape index (κ3) is 4.45. The summed E-state index contributed by atoms with van der Waals surface area (Å²) >= 11 is 6.06. The van der Waals surface area contributed by atoms with E-state index < -0.39 is 24.2 Å². The van der Waals surface area contributed by atoms with E-state index in [2.05, 4.69) is 15.3 Å². The van der Waals surface area contributed by atoms with E-state index in [1.807, 2.05) is 0 Å². The first-order valence-corrected chi connectivity index (χ1v) is 8.01. The van der Waals surface area contributed by atoms with Crippen molar-refractivity contribution in [2.75, 3.05) is 6.79 Å². The summed E-state index contributed by atoms with van der Waals surface area (Å²) in [5.41, 5.74) is 2.72. The molecular formula is C17H11ClF4N2O4. The van der Waals surface area contributed by atoms with Gasteiger partial charge in [0.1, 0.15) is 5.75 Å². The normalized spacial score (nSPS) is 13.2. The zero-order valence-electron chi connectivity index (χ0n) is 13.8. The van der Waals surface area contributed by atoms with Gasteiger partial charge < -0.3 is 14.2 Å². The van der Waals surface area contributed by atoms with Crippen molar-refractivity contribution < 1.29 is 36.6 Å². The molecule has 0 atom stereocenters. The van der Waals surface area contributed by atoms with Gasteiger partial charge in [0.05, 0.1) is 11.2 Å². The van der Waals surface area contributed by atoms with Crippen molar-refractivity contribution in [2.24, 2.45) is 5.10 Å². The van der Waals surface area contributed by atoms with Crippen molar-refractivity contribution in [3.05, 3.63) is 52.5 Å². The Morgan fingerprint density at radius 2 is 1.86 bits per heavy atom. The van der Waals surface area contributed by atoms with Crippen molar-refractivity contribution >= 4 is 23.7 Å². The van der Waals surface area contributed by atoms with Gasteiger partial charge in [-0.15, -0.1) is 0 Å². The molecule has 0 unspecified atom stereocenters. The summed E-state index contributed by atoms with van der Waals surface area (Å²) in [5.74, 6) is -0.211. The van der Waals surface area contributed by atoms with Crippen LogP contribution in [0.2, 0.25) is 5.02 Å². The highest BCUT2D eigenvalue weighted by Gasteiger charge is 2.43. The van der Waals surface area contributed by atoms with Crippen LogP contribution < -0.4 is 19.6 Å². The largest absolute Gasteiger partial charge is 0.461 e. The number of carbonyl (C=O) groups excluding carboxylic acids is 1. The van der Waals surface area contributed by atoms with Crippen molar-refractivity contribution in [2.45, 2.75) is 12.5 Å². The molecule has 148 valence electrons. The van der Waals surface area contributed by atoms with E-state index in [0.29, 0.717) is 22.1 Å². The number of amides is 1. The van der Waals surface area contributed by atoms with Gasteiger partial charge in [-0.1, -0.05) is 11.6 Å². The maximum Gasteiger partial charge on any atom is 0.461 e. The average molecular weight is 419 g/mol. The second-order valence-electron chi connectivity index (χ2n) is 5.42. The minimum atomic E-state index is -4.63. The number of halogens is 5. The molecule has 3 rings (SSSR count). The third-order valence-corrected chi connectivity index (χ3v) is 3.81. The average Bonchev–Trinajstić information content (AvgIpc) is 3.09. The van der Waals surface area contributed by atoms with Crippen LogP contribution in [0.1, 0.15) is 15.9 Å². The monoisotopic (exact) mass is 418 g/mol. The van der Waals surface area contributed by atoms with Crippen LogP contribution in [0, 0.1) is 0 Å². The van der Waals surface area contributed by atoms with Crippen molar-refractivity contribution in [1.82, 2.24) is 5.43 Å². The van der Waals surface area contributed by atoms with E-state index in [0.717, 1.165) is 24.3 Å². The lowest BCUT2D eigenvalue weighted by atomic mass is 10.2. The Labute approximate surface area is 160 Å². The van der Waals surface area contributed by atoms with Gasteiger partial charge in [0.25, 0.3) is 5.91 Å². The van der Waals surface area contributed by atoms with E-state index in [4.69, 9.17) is 21.1 Å². The van der Waals surface area contributed by atoms with E-state index >= 15 is 0 Å². The molecule has 1 N–H and O–H groups in total. The lowest BCUT2D eigenvalue weighted by molar-refractivity contribution is -0.253. The molecule has 2 aromatic carbocycles. The van der Waals surface area contributed by atoms with Gasteiger partial charge in [0.2, 0.25) is 6.79 Å². The number of alkyl halides is 4. The summed E-state index contributed by atoms with van der Waals surface area (Å²) in [6, 6.07) is 7.29. The summed E-state index contributed by atoms with van der Waals surface area (Å²) in [6.45, 7) is 0.0753. The molecule has 1 heterocycles. The predicted octanol–water partition coefficient (Wildman–Crippen LogP) is 4.07. The summed E-state index contributed by atoms with van der Waals surface area (Å²) < 4.78 is 64.2. The number of hydrazone groups is 1. The zero-order valence-corrected chi connectivity index (χ0v) is 14.6. The number of rotatable bonds is 6. The fraction of sp³-hybridized carbons (Fsp3) is 0.176. The number of hydrogen-bond acceptors (Lipinski definition) is 5. The molecule has 0 fully saturated rings. The van der Waals surface area contributed by atoms with Crippen LogP contribution in [-0.4, -0.2) is 31.4 Å². The molecule has 1 amide bonds. The molecule has 1 aliphatic heterocycles. The Morgan fingerprint density at radius 3 is 2.50 bits per heavy atom. The zero-order chi connectivity index (χ0) is 20.3. The van der Waals surface area contributed by atoms with Gasteiger partial charge in [-0.3, -0.25) is 4.79 Å². The summed E-state index contributed by atoms with van der Waals surface area (Å²) in [6.07, 6.45) is -7.33. The van der Waals surface area contributed by atoms with Crippen LogP contribution in [0.4, 0.5) is 17.6 Å². The topological polar surface area (TPSA) is 69.2 Å². The van der Waals surface area contributed by atoms with Gasteiger partial charge in [-0.05, 0) is 30.3 Å². The fourth-order valence-corrected chi connectivity index (χ4v) is 2.34. The fourth-order valence-electron chi connectivity index (χ4n) is 2.13. The first kappa shape index (κ1) is 19.7. The van der Waals surface area contributed by atoms with Gasteiger partial charge >= 0.3 is 12.5 Å². The van der Waals surface area contributed by atoms with Crippen molar-refractivity contribution in [1.29, 1.82) is 0 Å². The van der Waals surface area contributed by atoms with Crippen LogP contribution in [-0.2, 0) is 0 Å². The molecule has 0 aromatic heterocycles. The predicted molar refractivity (Wildman–Crippen MR) is 90.7 cm³/mol. The van der Waals surface area contributed by atoms with Crippen LogP contribution in [0.3, 0.4) is 0 Å². The first-order valence-electron chi connectivity index (χ1n) is 7.64. The molecule has 0 saturated carbocycles. The van der Waals surface area contributed by atoms with Crippen molar-refractivity contribution in [3.63, 3.8) is 0 Å². The molecule has 0 saturated heterocycles. The maximum absolute atomic E-state index is 12.8. The Morgan fingerprint density at radius 1 is 1.21 bits per heavy atom. The van der Waals surface area contributed by atoms with Gasteiger partial charge in [0.15, 0.2) is 11.5 Å². The Hall–Kier alpha value is -3.01. The third-order valence-electron chi connectivity index (χ3n) is 3.49. The molecule has 0 spiro atoms. The molecule has 1 aliphatic rings. The molecule has 11 heteroatoms. The second kappa shape index (κ2) is 7.93. The smallest absolute Gasteiger partial charge is 0.454 e. The lowest BCUT2D eigenvalue weighted by Crippen LogP contribution is -2.33. The minimum Gasteiger partial charge on any atom is -0.454 e. The highest BCUT2D eigenvalue weighted by atomic mass is 35.5. The molecule has 0 radical (unpaired) electrons. The van der Waals surface area contributed by atoms with E-state index in [1.165, 1.54) is 6.21 Å². The minimum absolute atomic E-state index is 0.0432. The number of hydrogen-bond donors (Lipinski definition) is 1. The van der Waals surface area contributed by atoms with E-state index in [9.17, 15) is 22.4 Å². The molecule has 0 bridgehead atoms. The van der Waals surface area contributed by atoms with Crippen LogP contribution in [0.15, 0.2) is 41.5 Å². The van der Waals surface area contributed by atoms with Gasteiger partial charge in [-0.2, -0.15) is 22.7 Å². The number of nitrogens with one attached hydrogen (secondary N) is 1. The van der Waals surface area contributed by atoms with E-state index in [-0.39, 0.29) is 12.4 Å². The SMILES string of the molecule is O=C(N/N=C\c1cc2c(cc1Cl)OCO2)c1ccc(OC(F)(F)C(F)F)cc1. The Bertz CT molecular complexity index is 907. The summed E-state index contributed by atoms with van der Waals surface area (Å²) in [5, 5.41) is 4.08. The summed E-state index contributed by atoms with van der Waals surface area (Å²) in [4.78, 5) is 12.0. The molecule has 6 nitrogen and oxygen atoms in total. The van der Waals surface area contributed by atoms with Crippen molar-refractivity contribution in [3.8, 4) is 17.2 Å². The molecule has 0 aliphatic carbocycles. The second-order valence-corrected chi connectivity index (χ2v) is 5.82. The number of benzene rings is 2. The number of ether oxygens (including phenoxy) is 3. The lowest BCUT2D eigenvalue weighted by Gasteiger charge is -2.16. The molecular weight excluding hydrogens is 408 g/mol. The maximum atomic E-state index is 12.8. The van der Waals surface area contributed by atoms with Crippen LogP contribution >= 0.6 is 11.6 Å². The Kier molecular flexibility index (Phi) is 5.59. The number of nitrogens with zero attached hydrogens (tertiary/aromatic N) is 1. The Balaban J connectivity index is 1.62. The molecule has 28 heavy (non-hydrogen) atoms. The summed E-state index contributed by atoms with van der Waals surface area (Å²) in [7, 11) is 0. The highest BCUT2D eigenvalue weighted by Crippen LogP contribution is 2.36. The van der Waals surface area contributed by atoms with Gasteiger partial charge in [0, 0.05) is 17.2 Å².